The Labute approximate surface area is 151 Å². The number of para-hydroxylation sites is 1. The molecule has 134 valence electrons. The van der Waals surface area contributed by atoms with Crippen molar-refractivity contribution in [3.05, 3.63) is 59.4 Å². The highest BCUT2D eigenvalue weighted by Gasteiger charge is 2.21. The van der Waals surface area contributed by atoms with Crippen LogP contribution in [0.25, 0.3) is 0 Å². The first-order valence-electron chi connectivity index (χ1n) is 8.33. The van der Waals surface area contributed by atoms with E-state index in [0.717, 1.165) is 25.9 Å². The summed E-state index contributed by atoms with van der Waals surface area (Å²) >= 11 is 0. The molecule has 1 fully saturated rings. The predicted octanol–water partition coefficient (Wildman–Crippen LogP) is 2.36. The number of carbonyl (C=O) groups excluding carboxylic acids is 3. The van der Waals surface area contributed by atoms with Gasteiger partial charge < -0.3 is 15.0 Å². The van der Waals surface area contributed by atoms with Crippen molar-refractivity contribution >= 4 is 23.5 Å². The van der Waals surface area contributed by atoms with Crippen LogP contribution in [0.15, 0.2) is 42.7 Å². The number of aromatic nitrogens is 1. The fourth-order valence-electron chi connectivity index (χ4n) is 2.86. The van der Waals surface area contributed by atoms with E-state index in [4.69, 9.17) is 4.74 Å². The number of likely N-dealkylation sites (tertiary alicyclic amines) is 1. The molecule has 0 bridgehead atoms. The Morgan fingerprint density at radius 3 is 2.50 bits per heavy atom. The second-order valence-corrected chi connectivity index (χ2v) is 5.95. The Morgan fingerprint density at radius 1 is 1.08 bits per heavy atom. The maximum absolute atomic E-state index is 12.5. The Hall–Kier alpha value is -3.22. The van der Waals surface area contributed by atoms with Crippen molar-refractivity contribution < 1.29 is 19.1 Å². The fraction of sp³-hybridized carbons (Fsp3) is 0.263. The first kappa shape index (κ1) is 17.6. The van der Waals surface area contributed by atoms with Gasteiger partial charge in [-0.3, -0.25) is 14.6 Å². The number of anilines is 1. The lowest BCUT2D eigenvalue weighted by Crippen LogP contribution is -2.28. The van der Waals surface area contributed by atoms with Gasteiger partial charge in [0.1, 0.15) is 0 Å². The van der Waals surface area contributed by atoms with Gasteiger partial charge in [0.25, 0.3) is 11.8 Å². The predicted molar refractivity (Wildman–Crippen MR) is 95.1 cm³/mol. The molecule has 7 nitrogen and oxygen atoms in total. The Balaban J connectivity index is 1.80. The van der Waals surface area contributed by atoms with Gasteiger partial charge in [-0.2, -0.15) is 0 Å². The lowest BCUT2D eigenvalue weighted by atomic mass is 10.1. The molecule has 1 aliphatic rings. The highest BCUT2D eigenvalue weighted by Crippen LogP contribution is 2.18. The van der Waals surface area contributed by atoms with E-state index in [9.17, 15) is 14.4 Å². The SMILES string of the molecule is COC(=O)c1ccccc1NC(=O)c1cncc(C(=O)N2CCCC2)c1. The zero-order chi connectivity index (χ0) is 18.5. The number of hydrogen-bond acceptors (Lipinski definition) is 5. The normalized spacial score (nSPS) is 13.3. The molecule has 1 N–H and O–H groups in total. The number of pyridine rings is 1. The second kappa shape index (κ2) is 7.77. The van der Waals surface area contributed by atoms with Crippen molar-refractivity contribution in [2.45, 2.75) is 12.8 Å². The molecule has 0 atom stereocenters. The molecule has 0 radical (unpaired) electrons. The number of nitrogens with zero attached hydrogens (tertiary/aromatic N) is 2. The molecule has 2 amide bonds. The summed E-state index contributed by atoms with van der Waals surface area (Å²) in [7, 11) is 1.28. The standard InChI is InChI=1S/C19H19N3O4/c1-26-19(25)15-6-2-3-7-16(15)21-17(23)13-10-14(12-20-11-13)18(24)22-8-4-5-9-22/h2-3,6-7,10-12H,4-5,8-9H2,1H3,(H,21,23). The van der Waals surface area contributed by atoms with Crippen molar-refractivity contribution in [3.63, 3.8) is 0 Å². The van der Waals surface area contributed by atoms with Crippen LogP contribution >= 0.6 is 0 Å². The number of methoxy groups -OCH3 is 1. The molecule has 2 heterocycles. The molecular formula is C19H19N3O4. The summed E-state index contributed by atoms with van der Waals surface area (Å²) in [4.78, 5) is 42.6. The number of esters is 1. The monoisotopic (exact) mass is 353 g/mol. The van der Waals surface area contributed by atoms with Crippen LogP contribution < -0.4 is 5.32 Å². The number of rotatable bonds is 4. The molecular weight excluding hydrogens is 334 g/mol. The minimum atomic E-state index is -0.544. The minimum Gasteiger partial charge on any atom is -0.465 e. The van der Waals surface area contributed by atoms with Crippen LogP contribution in [0.2, 0.25) is 0 Å². The average Bonchev–Trinajstić information content (AvgIpc) is 3.22. The van der Waals surface area contributed by atoms with Gasteiger partial charge in [-0.05, 0) is 31.0 Å². The van der Waals surface area contributed by atoms with Crippen molar-refractivity contribution in [2.24, 2.45) is 0 Å². The maximum Gasteiger partial charge on any atom is 0.339 e. The van der Waals surface area contributed by atoms with E-state index < -0.39 is 11.9 Å². The van der Waals surface area contributed by atoms with Gasteiger partial charge in [0.2, 0.25) is 0 Å². The van der Waals surface area contributed by atoms with Crippen molar-refractivity contribution in [2.75, 3.05) is 25.5 Å². The van der Waals surface area contributed by atoms with Crippen LogP contribution in [0.1, 0.15) is 43.9 Å². The Bertz CT molecular complexity index is 844. The van der Waals surface area contributed by atoms with E-state index in [1.54, 1.807) is 29.2 Å². The average molecular weight is 353 g/mol. The molecule has 3 rings (SSSR count). The molecule has 26 heavy (non-hydrogen) atoms. The zero-order valence-corrected chi connectivity index (χ0v) is 14.4. The first-order valence-corrected chi connectivity index (χ1v) is 8.33. The number of nitrogens with one attached hydrogen (secondary N) is 1. The van der Waals surface area contributed by atoms with Gasteiger partial charge in [0.15, 0.2) is 0 Å². The van der Waals surface area contributed by atoms with Crippen LogP contribution in [0.3, 0.4) is 0 Å². The number of carbonyl (C=O) groups is 3. The maximum atomic E-state index is 12.5. The van der Waals surface area contributed by atoms with E-state index >= 15 is 0 Å². The summed E-state index contributed by atoms with van der Waals surface area (Å²) in [6, 6.07) is 8.07. The Morgan fingerprint density at radius 2 is 1.77 bits per heavy atom. The van der Waals surface area contributed by atoms with E-state index in [1.165, 1.54) is 25.6 Å². The van der Waals surface area contributed by atoms with Gasteiger partial charge >= 0.3 is 5.97 Å². The third-order valence-electron chi connectivity index (χ3n) is 4.22. The lowest BCUT2D eigenvalue weighted by Gasteiger charge is -2.15. The molecule has 2 aromatic rings. The number of amides is 2. The first-order chi connectivity index (χ1) is 12.6. The highest BCUT2D eigenvalue weighted by atomic mass is 16.5. The van der Waals surface area contributed by atoms with Crippen LogP contribution in [0.5, 0.6) is 0 Å². The highest BCUT2D eigenvalue weighted by molar-refractivity contribution is 6.08. The molecule has 1 aromatic carbocycles. The van der Waals surface area contributed by atoms with Gasteiger partial charge in [-0.1, -0.05) is 12.1 Å². The van der Waals surface area contributed by atoms with Gasteiger partial charge in [-0.15, -0.1) is 0 Å². The third-order valence-corrected chi connectivity index (χ3v) is 4.22. The minimum absolute atomic E-state index is 0.125. The topological polar surface area (TPSA) is 88.6 Å². The molecule has 1 aromatic heterocycles. The molecule has 0 unspecified atom stereocenters. The molecule has 1 saturated heterocycles. The summed E-state index contributed by atoms with van der Waals surface area (Å²) in [6.45, 7) is 1.45. The summed E-state index contributed by atoms with van der Waals surface area (Å²) in [6.07, 6.45) is 4.82. The van der Waals surface area contributed by atoms with E-state index in [1.807, 2.05) is 0 Å². The number of benzene rings is 1. The van der Waals surface area contributed by atoms with Crippen LogP contribution in [-0.2, 0) is 4.74 Å². The van der Waals surface area contributed by atoms with E-state index in [0.29, 0.717) is 11.3 Å². The molecule has 0 spiro atoms. The van der Waals surface area contributed by atoms with Crippen molar-refractivity contribution in [1.82, 2.24) is 9.88 Å². The van der Waals surface area contributed by atoms with E-state index in [-0.39, 0.29) is 17.0 Å². The number of hydrogen-bond donors (Lipinski definition) is 1. The number of ether oxygens (including phenoxy) is 1. The van der Waals surface area contributed by atoms with Crippen molar-refractivity contribution in [1.29, 1.82) is 0 Å². The molecule has 0 aliphatic carbocycles. The van der Waals surface area contributed by atoms with Crippen molar-refractivity contribution in [3.8, 4) is 0 Å². The second-order valence-electron chi connectivity index (χ2n) is 5.95. The summed E-state index contributed by atoms with van der Waals surface area (Å²) in [5.74, 6) is -1.12. The zero-order valence-electron chi connectivity index (χ0n) is 14.4. The largest absolute Gasteiger partial charge is 0.465 e. The summed E-state index contributed by atoms with van der Waals surface area (Å²) in [5, 5.41) is 2.67. The Kier molecular flexibility index (Phi) is 5.26. The summed E-state index contributed by atoms with van der Waals surface area (Å²) in [5.41, 5.74) is 1.21. The van der Waals surface area contributed by atoms with Crippen LogP contribution in [0, 0.1) is 0 Å². The molecule has 1 aliphatic heterocycles. The lowest BCUT2D eigenvalue weighted by molar-refractivity contribution is 0.0601. The fourth-order valence-corrected chi connectivity index (χ4v) is 2.86. The van der Waals surface area contributed by atoms with Gasteiger partial charge in [0, 0.05) is 25.5 Å². The summed E-state index contributed by atoms with van der Waals surface area (Å²) < 4.78 is 4.72. The third kappa shape index (κ3) is 3.72. The molecule has 7 heteroatoms. The quantitative estimate of drug-likeness (QED) is 0.853. The smallest absolute Gasteiger partial charge is 0.339 e. The van der Waals surface area contributed by atoms with Gasteiger partial charge in [-0.25, -0.2) is 4.79 Å². The van der Waals surface area contributed by atoms with Crippen LogP contribution in [0.4, 0.5) is 5.69 Å². The van der Waals surface area contributed by atoms with E-state index in [2.05, 4.69) is 10.3 Å². The van der Waals surface area contributed by atoms with Crippen LogP contribution in [-0.4, -0.2) is 47.9 Å². The molecule has 0 saturated carbocycles. The van der Waals surface area contributed by atoms with Gasteiger partial charge in [0.05, 0.1) is 29.5 Å².